The molecule has 6 heteroatoms. The smallest absolute Gasteiger partial charge is 0.325 e. The van der Waals surface area contributed by atoms with E-state index in [0.29, 0.717) is 5.56 Å². The molecule has 1 amide bonds. The molecule has 0 saturated carbocycles. The normalized spacial score (nSPS) is 10.9. The van der Waals surface area contributed by atoms with Crippen LogP contribution >= 0.6 is 0 Å². The molecule has 0 fully saturated rings. The van der Waals surface area contributed by atoms with Crippen LogP contribution in [0.4, 0.5) is 4.39 Å². The zero-order chi connectivity index (χ0) is 17.4. The molecule has 1 aromatic rings. The molecule has 126 valence electrons. The first-order valence-electron chi connectivity index (χ1n) is 7.36. The summed E-state index contributed by atoms with van der Waals surface area (Å²) in [6.07, 6.45) is 2.80. The van der Waals surface area contributed by atoms with Gasteiger partial charge in [-0.25, -0.2) is 4.39 Å². The van der Waals surface area contributed by atoms with Gasteiger partial charge in [-0.05, 0) is 44.5 Å². The number of hydrogen-bond acceptors (Lipinski definition) is 4. The zero-order valence-corrected chi connectivity index (χ0v) is 13.8. The molecule has 0 saturated heterocycles. The van der Waals surface area contributed by atoms with Gasteiger partial charge in [-0.3, -0.25) is 9.59 Å². The quantitative estimate of drug-likeness (QED) is 0.572. The highest BCUT2D eigenvalue weighted by Gasteiger charge is 2.18. The number of esters is 1. The van der Waals surface area contributed by atoms with Gasteiger partial charge in [0.1, 0.15) is 6.54 Å². The molecule has 0 spiro atoms. The fourth-order valence-electron chi connectivity index (χ4n) is 1.91. The van der Waals surface area contributed by atoms with Crippen molar-refractivity contribution in [2.75, 3.05) is 20.3 Å². The van der Waals surface area contributed by atoms with Gasteiger partial charge in [0.15, 0.2) is 11.6 Å². The molecule has 0 unspecified atom stereocenters. The lowest BCUT2D eigenvalue weighted by Crippen LogP contribution is -2.40. The van der Waals surface area contributed by atoms with Gasteiger partial charge in [-0.2, -0.15) is 0 Å². The fraction of sp³-hybridized carbons (Fsp3) is 0.412. The number of halogens is 1. The van der Waals surface area contributed by atoms with Gasteiger partial charge in [-0.15, -0.1) is 0 Å². The topological polar surface area (TPSA) is 55.8 Å². The van der Waals surface area contributed by atoms with E-state index in [-0.39, 0.29) is 30.9 Å². The van der Waals surface area contributed by atoms with Crippen molar-refractivity contribution in [3.63, 3.8) is 0 Å². The number of nitrogens with zero attached hydrogens (tertiary/aromatic N) is 1. The van der Waals surface area contributed by atoms with Gasteiger partial charge in [0.25, 0.3) is 0 Å². The van der Waals surface area contributed by atoms with E-state index in [1.165, 1.54) is 36.3 Å². The molecular weight excluding hydrogens is 301 g/mol. The van der Waals surface area contributed by atoms with Crippen molar-refractivity contribution >= 4 is 18.0 Å². The van der Waals surface area contributed by atoms with Crippen LogP contribution in [0.5, 0.6) is 5.75 Å². The summed E-state index contributed by atoms with van der Waals surface area (Å²) in [6, 6.07) is 4.23. The van der Waals surface area contributed by atoms with Gasteiger partial charge < -0.3 is 14.4 Å². The van der Waals surface area contributed by atoms with E-state index >= 15 is 0 Å². The molecule has 23 heavy (non-hydrogen) atoms. The molecule has 0 heterocycles. The molecule has 1 aromatic carbocycles. The van der Waals surface area contributed by atoms with Crippen LogP contribution in [-0.2, 0) is 14.3 Å². The standard InChI is InChI=1S/C17H22FNO4/c1-5-23-17(21)11-19(12(2)3)16(20)9-7-13-6-8-15(22-4)14(18)10-13/h6-10,12H,5,11H2,1-4H3. The first kappa shape index (κ1) is 18.7. The lowest BCUT2D eigenvalue weighted by Gasteiger charge is -2.24. The third-order valence-corrected chi connectivity index (χ3v) is 3.11. The van der Waals surface area contributed by atoms with Crippen LogP contribution in [0, 0.1) is 5.82 Å². The Morgan fingerprint density at radius 2 is 2.04 bits per heavy atom. The van der Waals surface area contributed by atoms with Crippen molar-refractivity contribution in [1.29, 1.82) is 0 Å². The largest absolute Gasteiger partial charge is 0.494 e. The predicted octanol–water partition coefficient (Wildman–Crippen LogP) is 2.65. The molecular formula is C17H22FNO4. The van der Waals surface area contributed by atoms with E-state index in [0.717, 1.165) is 0 Å². The average molecular weight is 323 g/mol. The van der Waals surface area contributed by atoms with Crippen LogP contribution in [0.1, 0.15) is 26.3 Å². The number of methoxy groups -OCH3 is 1. The number of carbonyl (C=O) groups is 2. The van der Waals surface area contributed by atoms with Crippen molar-refractivity contribution in [3.8, 4) is 5.75 Å². The van der Waals surface area contributed by atoms with Gasteiger partial charge in [0.05, 0.1) is 13.7 Å². The van der Waals surface area contributed by atoms with Crippen molar-refractivity contribution in [3.05, 3.63) is 35.7 Å². The summed E-state index contributed by atoms with van der Waals surface area (Å²) in [5.41, 5.74) is 0.525. The van der Waals surface area contributed by atoms with E-state index in [4.69, 9.17) is 9.47 Å². The number of rotatable bonds is 7. The molecule has 1 rings (SSSR count). The minimum Gasteiger partial charge on any atom is -0.494 e. The fourth-order valence-corrected chi connectivity index (χ4v) is 1.91. The minimum absolute atomic E-state index is 0.119. The van der Waals surface area contributed by atoms with Crippen molar-refractivity contribution in [2.24, 2.45) is 0 Å². The lowest BCUT2D eigenvalue weighted by atomic mass is 10.2. The number of hydrogen-bond donors (Lipinski definition) is 0. The zero-order valence-electron chi connectivity index (χ0n) is 13.8. The summed E-state index contributed by atoms with van der Waals surface area (Å²) >= 11 is 0. The molecule has 0 bridgehead atoms. The van der Waals surface area contributed by atoms with Gasteiger partial charge in [0.2, 0.25) is 5.91 Å². The van der Waals surface area contributed by atoms with E-state index < -0.39 is 11.8 Å². The van der Waals surface area contributed by atoms with Crippen LogP contribution < -0.4 is 4.74 Å². The predicted molar refractivity (Wildman–Crippen MR) is 85.5 cm³/mol. The second-order valence-electron chi connectivity index (χ2n) is 5.09. The number of amides is 1. The highest BCUT2D eigenvalue weighted by molar-refractivity contribution is 5.93. The van der Waals surface area contributed by atoms with E-state index in [2.05, 4.69) is 0 Å². The second kappa shape index (κ2) is 8.92. The monoisotopic (exact) mass is 323 g/mol. The minimum atomic E-state index is -0.505. The van der Waals surface area contributed by atoms with Gasteiger partial charge in [0, 0.05) is 12.1 Å². The Bertz CT molecular complexity index is 584. The summed E-state index contributed by atoms with van der Waals surface area (Å²) in [5, 5.41) is 0. The number of benzene rings is 1. The Morgan fingerprint density at radius 1 is 1.35 bits per heavy atom. The summed E-state index contributed by atoms with van der Waals surface area (Å²) in [5.74, 6) is -1.17. The Balaban J connectivity index is 2.81. The van der Waals surface area contributed by atoms with E-state index in [1.54, 1.807) is 26.8 Å². The van der Waals surface area contributed by atoms with Gasteiger partial charge >= 0.3 is 5.97 Å². The molecule has 5 nitrogen and oxygen atoms in total. The molecule has 0 aromatic heterocycles. The van der Waals surface area contributed by atoms with Crippen LogP contribution in [0.15, 0.2) is 24.3 Å². The van der Waals surface area contributed by atoms with Crippen LogP contribution in [0.2, 0.25) is 0 Å². The molecule has 0 aliphatic heterocycles. The molecule has 0 aliphatic carbocycles. The van der Waals surface area contributed by atoms with Crippen molar-refractivity contribution < 1.29 is 23.5 Å². The van der Waals surface area contributed by atoms with Crippen molar-refractivity contribution in [1.82, 2.24) is 4.90 Å². The third-order valence-electron chi connectivity index (χ3n) is 3.11. The Morgan fingerprint density at radius 3 is 2.57 bits per heavy atom. The first-order valence-corrected chi connectivity index (χ1v) is 7.36. The SMILES string of the molecule is CCOC(=O)CN(C(=O)C=Cc1ccc(OC)c(F)c1)C(C)C. The lowest BCUT2D eigenvalue weighted by molar-refractivity contribution is -0.148. The number of carbonyl (C=O) groups excluding carboxylic acids is 2. The Hall–Kier alpha value is -2.37. The Labute approximate surface area is 135 Å². The molecule has 0 radical (unpaired) electrons. The van der Waals surface area contributed by atoms with E-state index in [1.807, 2.05) is 0 Å². The first-order chi connectivity index (χ1) is 10.9. The average Bonchev–Trinajstić information content (AvgIpc) is 2.50. The van der Waals surface area contributed by atoms with Crippen LogP contribution in [0.3, 0.4) is 0 Å². The van der Waals surface area contributed by atoms with Crippen LogP contribution in [0.25, 0.3) is 6.08 Å². The van der Waals surface area contributed by atoms with Crippen LogP contribution in [-0.4, -0.2) is 43.1 Å². The van der Waals surface area contributed by atoms with E-state index in [9.17, 15) is 14.0 Å². The Kier molecular flexibility index (Phi) is 7.25. The van der Waals surface area contributed by atoms with Gasteiger partial charge in [-0.1, -0.05) is 6.07 Å². The summed E-state index contributed by atoms with van der Waals surface area (Å²) in [7, 11) is 1.38. The molecule has 0 aliphatic rings. The molecule has 0 atom stereocenters. The highest BCUT2D eigenvalue weighted by atomic mass is 19.1. The maximum Gasteiger partial charge on any atom is 0.325 e. The summed E-state index contributed by atoms with van der Waals surface area (Å²) in [4.78, 5) is 25.2. The summed E-state index contributed by atoms with van der Waals surface area (Å²) in [6.45, 7) is 5.46. The maximum atomic E-state index is 13.6. The third kappa shape index (κ3) is 5.73. The number of ether oxygens (including phenoxy) is 2. The maximum absolute atomic E-state index is 13.6. The van der Waals surface area contributed by atoms with Crippen molar-refractivity contribution in [2.45, 2.75) is 26.8 Å². The summed E-state index contributed by atoms with van der Waals surface area (Å²) < 4.78 is 23.3. The second-order valence-corrected chi connectivity index (χ2v) is 5.09. The molecule has 0 N–H and O–H groups in total. The highest BCUT2D eigenvalue weighted by Crippen LogP contribution is 2.18.